The highest BCUT2D eigenvalue weighted by Gasteiger charge is 2.24. The summed E-state index contributed by atoms with van der Waals surface area (Å²) in [4.78, 5) is 6.99. The highest BCUT2D eigenvalue weighted by molar-refractivity contribution is 6.07. The van der Waals surface area contributed by atoms with Gasteiger partial charge in [0.05, 0.1) is 11.4 Å². The number of nitrogens with zero attached hydrogens (tertiary/aromatic N) is 2. The molecule has 0 saturated heterocycles. The van der Waals surface area contributed by atoms with Crippen LogP contribution in [0.25, 0.3) is 16.3 Å². The molecule has 1 aromatic heterocycles. The Bertz CT molecular complexity index is 908. The molecule has 0 fully saturated rings. The van der Waals surface area contributed by atoms with E-state index in [1.54, 1.807) is 0 Å². The fraction of sp³-hybridized carbons (Fsp3) is 0.150. The average molecular weight is 286 g/mol. The van der Waals surface area contributed by atoms with Gasteiger partial charge in [-0.2, -0.15) is 0 Å². The Labute approximate surface area is 130 Å². The molecule has 3 aromatic rings. The average Bonchev–Trinajstić information content (AvgIpc) is 2.53. The van der Waals surface area contributed by atoms with Crippen molar-refractivity contribution in [2.24, 2.45) is 0 Å². The molecular weight excluding hydrogens is 268 g/mol. The zero-order chi connectivity index (χ0) is 15.3. The summed E-state index contributed by atoms with van der Waals surface area (Å²) in [6.07, 6.45) is 1.91. The van der Waals surface area contributed by atoms with E-state index in [4.69, 9.17) is 0 Å². The maximum Gasteiger partial charge on any atom is 0.0775 e. The quantitative estimate of drug-likeness (QED) is 0.591. The molecule has 0 aliphatic carbocycles. The Kier molecular flexibility index (Phi) is 2.80. The number of aryl methyl sites for hydroxylation is 1. The molecule has 0 saturated carbocycles. The van der Waals surface area contributed by atoms with Gasteiger partial charge in [0.2, 0.25) is 0 Å². The van der Waals surface area contributed by atoms with Gasteiger partial charge in [-0.25, -0.2) is 0 Å². The number of pyridine rings is 1. The molecular formula is C20H18N2. The van der Waals surface area contributed by atoms with Crippen molar-refractivity contribution in [1.29, 1.82) is 0 Å². The molecule has 0 spiro atoms. The van der Waals surface area contributed by atoms with Gasteiger partial charge < -0.3 is 4.90 Å². The van der Waals surface area contributed by atoms with Crippen molar-refractivity contribution in [3.63, 3.8) is 0 Å². The molecule has 1 aliphatic rings. The first-order valence-electron chi connectivity index (χ1n) is 7.59. The lowest BCUT2D eigenvalue weighted by atomic mass is 9.95. The number of hydrogen-bond donors (Lipinski definition) is 0. The van der Waals surface area contributed by atoms with Crippen LogP contribution in [0.15, 0.2) is 60.4 Å². The van der Waals surface area contributed by atoms with Crippen molar-refractivity contribution in [3.8, 4) is 0 Å². The van der Waals surface area contributed by atoms with Crippen molar-refractivity contribution in [1.82, 2.24) is 4.98 Å². The summed E-state index contributed by atoms with van der Waals surface area (Å²) in [5.74, 6) is 0. The number of benzene rings is 2. The van der Waals surface area contributed by atoms with Gasteiger partial charge in [-0.1, -0.05) is 24.3 Å². The first-order chi connectivity index (χ1) is 10.7. The third-order valence-corrected chi connectivity index (χ3v) is 4.48. The number of aromatic nitrogens is 1. The van der Waals surface area contributed by atoms with E-state index in [0.29, 0.717) is 0 Å². The minimum atomic E-state index is 1.11. The molecule has 0 radical (unpaired) electrons. The summed E-state index contributed by atoms with van der Waals surface area (Å²) in [6.45, 7) is 6.49. The molecule has 108 valence electrons. The minimum Gasteiger partial charge on any atom is -0.313 e. The second-order valence-corrected chi connectivity index (χ2v) is 5.92. The van der Waals surface area contributed by atoms with Crippen LogP contribution < -0.4 is 4.90 Å². The number of hydrogen-bond acceptors (Lipinski definition) is 2. The van der Waals surface area contributed by atoms with Crippen LogP contribution in [0, 0.1) is 6.92 Å². The number of rotatable bonds is 1. The van der Waals surface area contributed by atoms with E-state index in [0.717, 1.165) is 5.69 Å². The van der Waals surface area contributed by atoms with Crippen LogP contribution >= 0.6 is 0 Å². The van der Waals surface area contributed by atoms with Gasteiger partial charge in [0, 0.05) is 23.0 Å². The van der Waals surface area contributed by atoms with Crippen LogP contribution in [0.1, 0.15) is 25.1 Å². The Hall–Kier alpha value is -2.61. The molecule has 0 amide bonds. The lowest BCUT2D eigenvalue weighted by Crippen LogP contribution is -2.20. The van der Waals surface area contributed by atoms with E-state index < -0.39 is 0 Å². The van der Waals surface area contributed by atoms with Crippen molar-refractivity contribution in [2.75, 3.05) is 4.90 Å². The van der Waals surface area contributed by atoms with Gasteiger partial charge in [-0.05, 0) is 61.6 Å². The van der Waals surface area contributed by atoms with E-state index in [1.165, 1.54) is 39.0 Å². The third kappa shape index (κ3) is 1.77. The fourth-order valence-electron chi connectivity index (χ4n) is 3.33. The van der Waals surface area contributed by atoms with E-state index in [-0.39, 0.29) is 0 Å². The Morgan fingerprint density at radius 1 is 0.909 bits per heavy atom. The summed E-state index contributed by atoms with van der Waals surface area (Å²) >= 11 is 0. The SMILES string of the molecule is CC1=C(C)N(c2ccccc2)c2cc(C)cc3ccnc1c23. The van der Waals surface area contributed by atoms with Gasteiger partial charge in [0.15, 0.2) is 0 Å². The van der Waals surface area contributed by atoms with Crippen molar-refractivity contribution in [2.45, 2.75) is 20.8 Å². The lowest BCUT2D eigenvalue weighted by molar-refractivity contribution is 1.12. The molecule has 1 aliphatic heterocycles. The van der Waals surface area contributed by atoms with Crippen molar-refractivity contribution < 1.29 is 0 Å². The van der Waals surface area contributed by atoms with Crippen molar-refractivity contribution in [3.05, 3.63) is 71.7 Å². The maximum absolute atomic E-state index is 4.64. The van der Waals surface area contributed by atoms with Crippen LogP contribution in [0.2, 0.25) is 0 Å². The van der Waals surface area contributed by atoms with E-state index in [2.05, 4.69) is 79.2 Å². The Balaban J connectivity index is 2.12. The smallest absolute Gasteiger partial charge is 0.0775 e. The molecule has 0 bridgehead atoms. The van der Waals surface area contributed by atoms with E-state index in [1.807, 2.05) is 6.20 Å². The fourth-order valence-corrected chi connectivity index (χ4v) is 3.33. The zero-order valence-electron chi connectivity index (χ0n) is 13.1. The van der Waals surface area contributed by atoms with Gasteiger partial charge in [0.1, 0.15) is 0 Å². The maximum atomic E-state index is 4.64. The van der Waals surface area contributed by atoms with E-state index >= 15 is 0 Å². The number of allylic oxidation sites excluding steroid dienone is 2. The topological polar surface area (TPSA) is 16.1 Å². The molecule has 2 nitrogen and oxygen atoms in total. The summed E-state index contributed by atoms with van der Waals surface area (Å²) in [5, 5.41) is 2.51. The molecule has 2 heteroatoms. The second kappa shape index (κ2) is 4.70. The highest BCUT2D eigenvalue weighted by atomic mass is 15.2. The monoisotopic (exact) mass is 286 g/mol. The predicted molar refractivity (Wildman–Crippen MR) is 93.3 cm³/mol. The zero-order valence-corrected chi connectivity index (χ0v) is 13.1. The summed E-state index contributed by atoms with van der Waals surface area (Å²) in [7, 11) is 0. The Morgan fingerprint density at radius 3 is 2.45 bits per heavy atom. The number of anilines is 2. The molecule has 0 N–H and O–H groups in total. The first kappa shape index (κ1) is 13.1. The van der Waals surface area contributed by atoms with Crippen molar-refractivity contribution >= 4 is 27.7 Å². The predicted octanol–water partition coefficient (Wildman–Crippen LogP) is 5.45. The minimum absolute atomic E-state index is 1.11. The highest BCUT2D eigenvalue weighted by Crippen LogP contribution is 2.44. The van der Waals surface area contributed by atoms with Crippen LogP contribution in [0.5, 0.6) is 0 Å². The van der Waals surface area contributed by atoms with Gasteiger partial charge >= 0.3 is 0 Å². The number of para-hydroxylation sites is 1. The van der Waals surface area contributed by atoms with Crippen LogP contribution in [0.3, 0.4) is 0 Å². The summed E-state index contributed by atoms with van der Waals surface area (Å²) in [5.41, 5.74) is 7.29. The lowest BCUT2D eigenvalue weighted by Gasteiger charge is -2.33. The Morgan fingerprint density at radius 2 is 1.68 bits per heavy atom. The van der Waals surface area contributed by atoms with Gasteiger partial charge in [-0.3, -0.25) is 4.98 Å². The molecule has 0 atom stereocenters. The largest absolute Gasteiger partial charge is 0.313 e. The first-order valence-corrected chi connectivity index (χ1v) is 7.59. The molecule has 4 rings (SSSR count). The van der Waals surface area contributed by atoms with E-state index in [9.17, 15) is 0 Å². The standard InChI is InChI=1S/C20H18N2/c1-13-11-16-9-10-21-20-14(2)15(3)22(18(12-13)19(16)20)17-7-5-4-6-8-17/h4-12H,1-3H3. The van der Waals surface area contributed by atoms with Gasteiger partial charge in [0.25, 0.3) is 0 Å². The second-order valence-electron chi connectivity index (χ2n) is 5.92. The summed E-state index contributed by atoms with van der Waals surface area (Å²) < 4.78 is 0. The molecule has 2 heterocycles. The normalized spacial score (nSPS) is 13.9. The van der Waals surface area contributed by atoms with Gasteiger partial charge in [-0.15, -0.1) is 0 Å². The third-order valence-electron chi connectivity index (χ3n) is 4.48. The van der Waals surface area contributed by atoms with Crippen LogP contribution in [0.4, 0.5) is 11.4 Å². The van der Waals surface area contributed by atoms with Crippen LogP contribution in [-0.4, -0.2) is 4.98 Å². The molecule has 0 unspecified atom stereocenters. The van der Waals surface area contributed by atoms with Crippen LogP contribution in [-0.2, 0) is 0 Å². The molecule has 2 aromatic carbocycles. The molecule has 22 heavy (non-hydrogen) atoms. The summed E-state index contributed by atoms with van der Waals surface area (Å²) in [6, 6.07) is 17.1.